The van der Waals surface area contributed by atoms with Crippen LogP contribution in [0.5, 0.6) is 5.75 Å². The van der Waals surface area contributed by atoms with E-state index >= 15 is 0 Å². The van der Waals surface area contributed by atoms with Gasteiger partial charge in [-0.25, -0.2) is 0 Å². The normalized spacial score (nSPS) is 11.1. The second kappa shape index (κ2) is 6.99. The molecular formula is C15H11F3INO2. The Morgan fingerprint density at radius 3 is 2.41 bits per heavy atom. The number of amides is 1. The van der Waals surface area contributed by atoms with Gasteiger partial charge in [-0.15, -0.1) is 0 Å². The SMILES string of the molecule is O=C(Nc1ccc(OCC(F)(F)F)cc1I)c1ccccc1. The van der Waals surface area contributed by atoms with Crippen molar-refractivity contribution in [3.8, 4) is 5.75 Å². The van der Waals surface area contributed by atoms with Crippen LogP contribution >= 0.6 is 22.6 Å². The van der Waals surface area contributed by atoms with Gasteiger partial charge in [0.25, 0.3) is 5.91 Å². The van der Waals surface area contributed by atoms with Crippen molar-refractivity contribution in [2.45, 2.75) is 6.18 Å². The number of hydrogen-bond donors (Lipinski definition) is 1. The maximum atomic E-state index is 12.1. The van der Waals surface area contributed by atoms with Crippen molar-refractivity contribution in [3.05, 3.63) is 57.7 Å². The lowest BCUT2D eigenvalue weighted by Crippen LogP contribution is -2.19. The third-order valence-corrected chi connectivity index (χ3v) is 3.52. The van der Waals surface area contributed by atoms with Crippen molar-refractivity contribution >= 4 is 34.2 Å². The number of carbonyl (C=O) groups is 1. The molecule has 0 radical (unpaired) electrons. The minimum Gasteiger partial charge on any atom is -0.484 e. The van der Waals surface area contributed by atoms with Gasteiger partial charge >= 0.3 is 6.18 Å². The van der Waals surface area contributed by atoms with Gasteiger partial charge in [0.2, 0.25) is 0 Å². The Balaban J connectivity index is 2.05. The second-order valence-electron chi connectivity index (χ2n) is 4.37. The number of benzene rings is 2. The zero-order valence-electron chi connectivity index (χ0n) is 11.2. The smallest absolute Gasteiger partial charge is 0.422 e. The maximum Gasteiger partial charge on any atom is 0.422 e. The van der Waals surface area contributed by atoms with Gasteiger partial charge in [-0.2, -0.15) is 13.2 Å². The lowest BCUT2D eigenvalue weighted by molar-refractivity contribution is -0.153. The molecule has 3 nitrogen and oxygen atoms in total. The predicted molar refractivity (Wildman–Crippen MR) is 85.1 cm³/mol. The van der Waals surface area contributed by atoms with Crippen LogP contribution in [0.1, 0.15) is 10.4 Å². The van der Waals surface area contributed by atoms with E-state index in [2.05, 4.69) is 10.1 Å². The molecule has 0 saturated heterocycles. The molecule has 0 aliphatic carbocycles. The molecule has 2 aromatic rings. The zero-order valence-corrected chi connectivity index (χ0v) is 13.3. The van der Waals surface area contributed by atoms with Crippen molar-refractivity contribution in [2.75, 3.05) is 11.9 Å². The fourth-order valence-corrected chi connectivity index (χ4v) is 2.26. The van der Waals surface area contributed by atoms with Crippen molar-refractivity contribution in [3.63, 3.8) is 0 Å². The highest BCUT2D eigenvalue weighted by atomic mass is 127. The van der Waals surface area contributed by atoms with E-state index in [0.29, 0.717) is 14.8 Å². The second-order valence-corrected chi connectivity index (χ2v) is 5.53. The van der Waals surface area contributed by atoms with Crippen LogP contribution in [-0.4, -0.2) is 18.7 Å². The Labute approximate surface area is 138 Å². The molecular weight excluding hydrogens is 410 g/mol. The molecule has 0 aliphatic rings. The third kappa shape index (κ3) is 4.90. The third-order valence-electron chi connectivity index (χ3n) is 2.63. The van der Waals surface area contributed by atoms with Crippen LogP contribution in [-0.2, 0) is 0 Å². The van der Waals surface area contributed by atoms with Gasteiger partial charge in [0, 0.05) is 9.13 Å². The highest BCUT2D eigenvalue weighted by molar-refractivity contribution is 14.1. The summed E-state index contributed by atoms with van der Waals surface area (Å²) in [7, 11) is 0. The molecule has 0 spiro atoms. The number of rotatable bonds is 4. The number of ether oxygens (including phenoxy) is 1. The molecule has 1 N–H and O–H groups in total. The van der Waals surface area contributed by atoms with Crippen LogP contribution in [0.3, 0.4) is 0 Å². The quantitative estimate of drug-likeness (QED) is 0.740. The number of halogens is 4. The Morgan fingerprint density at radius 2 is 1.82 bits per heavy atom. The standard InChI is InChI=1S/C15H11F3INO2/c16-15(17,18)9-22-11-6-7-13(12(19)8-11)20-14(21)10-4-2-1-3-5-10/h1-8H,9H2,(H,20,21). The molecule has 0 saturated carbocycles. The first kappa shape index (κ1) is 16.6. The van der Waals surface area contributed by atoms with Crippen LogP contribution in [0.15, 0.2) is 48.5 Å². The average molecular weight is 421 g/mol. The number of carbonyl (C=O) groups excluding carboxylic acids is 1. The first-order valence-electron chi connectivity index (χ1n) is 6.21. The fourth-order valence-electron chi connectivity index (χ4n) is 1.64. The molecule has 2 aromatic carbocycles. The topological polar surface area (TPSA) is 38.3 Å². The van der Waals surface area contributed by atoms with E-state index in [4.69, 9.17) is 0 Å². The average Bonchev–Trinajstić information content (AvgIpc) is 2.47. The van der Waals surface area contributed by atoms with E-state index in [1.807, 2.05) is 22.6 Å². The number of hydrogen-bond acceptors (Lipinski definition) is 2. The zero-order chi connectivity index (χ0) is 16.2. The summed E-state index contributed by atoms with van der Waals surface area (Å²) in [5, 5.41) is 2.70. The summed E-state index contributed by atoms with van der Waals surface area (Å²) in [6.07, 6.45) is -4.38. The van der Waals surface area contributed by atoms with Crippen LogP contribution in [0, 0.1) is 3.57 Å². The van der Waals surface area contributed by atoms with Crippen LogP contribution in [0.2, 0.25) is 0 Å². The molecule has 1 amide bonds. The highest BCUT2D eigenvalue weighted by Gasteiger charge is 2.28. The molecule has 0 heterocycles. The van der Waals surface area contributed by atoms with Gasteiger partial charge in [0.15, 0.2) is 6.61 Å². The van der Waals surface area contributed by atoms with E-state index < -0.39 is 12.8 Å². The van der Waals surface area contributed by atoms with E-state index in [0.717, 1.165) is 0 Å². The van der Waals surface area contributed by atoms with Crippen molar-refractivity contribution in [2.24, 2.45) is 0 Å². The molecule has 0 atom stereocenters. The summed E-state index contributed by atoms with van der Waals surface area (Å²) in [6.45, 7) is -1.35. The summed E-state index contributed by atoms with van der Waals surface area (Å²) in [6, 6.07) is 13.0. The Bertz CT molecular complexity index is 660. The van der Waals surface area contributed by atoms with E-state index in [1.165, 1.54) is 18.2 Å². The van der Waals surface area contributed by atoms with Gasteiger partial charge < -0.3 is 10.1 Å². The minimum absolute atomic E-state index is 0.0967. The molecule has 0 unspecified atom stereocenters. The van der Waals surface area contributed by atoms with Crippen LogP contribution in [0.4, 0.5) is 18.9 Å². The molecule has 22 heavy (non-hydrogen) atoms. The van der Waals surface area contributed by atoms with Crippen LogP contribution < -0.4 is 10.1 Å². The van der Waals surface area contributed by atoms with Crippen molar-refractivity contribution < 1.29 is 22.7 Å². The lowest BCUT2D eigenvalue weighted by atomic mass is 10.2. The first-order valence-corrected chi connectivity index (χ1v) is 7.28. The van der Waals surface area contributed by atoms with Gasteiger partial charge in [0.05, 0.1) is 5.69 Å². The molecule has 0 aromatic heterocycles. The Hall–Kier alpha value is -1.77. The van der Waals surface area contributed by atoms with Crippen molar-refractivity contribution in [1.82, 2.24) is 0 Å². The fraction of sp³-hybridized carbons (Fsp3) is 0.133. The molecule has 0 bridgehead atoms. The summed E-state index contributed by atoms with van der Waals surface area (Å²) < 4.78 is 41.5. The molecule has 0 aliphatic heterocycles. The summed E-state index contributed by atoms with van der Waals surface area (Å²) >= 11 is 1.92. The highest BCUT2D eigenvalue weighted by Crippen LogP contribution is 2.26. The lowest BCUT2D eigenvalue weighted by Gasteiger charge is -2.12. The van der Waals surface area contributed by atoms with Crippen LogP contribution in [0.25, 0.3) is 0 Å². The summed E-state index contributed by atoms with van der Waals surface area (Å²) in [5.41, 5.74) is 1.00. The predicted octanol–water partition coefficient (Wildman–Crippen LogP) is 4.48. The monoisotopic (exact) mass is 421 g/mol. The molecule has 116 valence electrons. The van der Waals surface area contributed by atoms with Gasteiger partial charge in [-0.1, -0.05) is 18.2 Å². The molecule has 2 rings (SSSR count). The van der Waals surface area contributed by atoms with Crippen molar-refractivity contribution in [1.29, 1.82) is 0 Å². The minimum atomic E-state index is -4.38. The Morgan fingerprint density at radius 1 is 1.14 bits per heavy atom. The summed E-state index contributed by atoms with van der Waals surface area (Å²) in [4.78, 5) is 12.0. The largest absolute Gasteiger partial charge is 0.484 e. The Kier molecular flexibility index (Phi) is 5.28. The first-order chi connectivity index (χ1) is 10.3. The van der Waals surface area contributed by atoms with E-state index in [-0.39, 0.29) is 11.7 Å². The number of nitrogens with one attached hydrogen (secondary N) is 1. The molecule has 7 heteroatoms. The summed E-state index contributed by atoms with van der Waals surface area (Å²) in [5.74, 6) is -0.193. The van der Waals surface area contributed by atoms with E-state index in [9.17, 15) is 18.0 Å². The van der Waals surface area contributed by atoms with Gasteiger partial charge in [-0.3, -0.25) is 4.79 Å². The van der Waals surface area contributed by atoms with Gasteiger partial charge in [-0.05, 0) is 52.9 Å². The van der Waals surface area contributed by atoms with Gasteiger partial charge in [0.1, 0.15) is 5.75 Å². The number of anilines is 1. The molecule has 0 fully saturated rings. The maximum absolute atomic E-state index is 12.1. The number of alkyl halides is 3. The van der Waals surface area contributed by atoms with E-state index in [1.54, 1.807) is 30.3 Å².